The monoisotopic (exact) mass is 476 g/mol. The fraction of sp³-hybridized carbons (Fsp3) is 0.647. The molecule has 9 nitrogen and oxygen atoms in total. The number of hydrogen-bond acceptors (Lipinski definition) is 7. The summed E-state index contributed by atoms with van der Waals surface area (Å²) in [5, 5.41) is 17.5. The van der Waals surface area contributed by atoms with Crippen molar-refractivity contribution in [1.82, 2.24) is 14.9 Å². The van der Waals surface area contributed by atoms with Crippen LogP contribution in [0.4, 0.5) is 32.3 Å². The zero-order chi connectivity index (χ0) is 24.5. The number of halogens is 6. The van der Waals surface area contributed by atoms with Crippen LogP contribution in [-0.2, 0) is 14.3 Å². The summed E-state index contributed by atoms with van der Waals surface area (Å²) in [6, 6.07) is 1.82. The molecule has 2 aliphatic heterocycles. The topological polar surface area (TPSA) is 125 Å². The first-order chi connectivity index (χ1) is 14.7. The predicted octanol–water partition coefficient (Wildman–Crippen LogP) is 2.12. The highest BCUT2D eigenvalue weighted by molar-refractivity contribution is 5.73. The van der Waals surface area contributed by atoms with Gasteiger partial charge in [-0.2, -0.15) is 26.3 Å². The molecule has 0 saturated carbocycles. The van der Waals surface area contributed by atoms with Gasteiger partial charge in [-0.3, -0.25) is 0 Å². The second-order valence-electron chi connectivity index (χ2n) is 6.91. The number of carbonyl (C=O) groups is 2. The molecule has 3 N–H and O–H groups in total. The number of nitrogens with zero attached hydrogens (tertiary/aromatic N) is 3. The number of rotatable bonds is 3. The van der Waals surface area contributed by atoms with Crippen molar-refractivity contribution in [3.63, 3.8) is 0 Å². The van der Waals surface area contributed by atoms with Gasteiger partial charge in [-0.25, -0.2) is 19.6 Å². The van der Waals surface area contributed by atoms with Gasteiger partial charge in [-0.05, 0) is 32.0 Å². The lowest BCUT2D eigenvalue weighted by molar-refractivity contribution is -0.193. The van der Waals surface area contributed by atoms with E-state index in [0.29, 0.717) is 23.9 Å². The van der Waals surface area contributed by atoms with Crippen LogP contribution in [0.25, 0.3) is 0 Å². The molecule has 0 spiro atoms. The number of carboxylic acid groups (broad SMARTS) is 2. The van der Waals surface area contributed by atoms with E-state index in [-0.39, 0.29) is 0 Å². The first-order valence-electron chi connectivity index (χ1n) is 9.13. The Kier molecular flexibility index (Phi) is 10.1. The molecule has 3 heterocycles. The molecule has 3 rings (SSSR count). The minimum Gasteiger partial charge on any atom is -0.475 e. The molecule has 0 aromatic carbocycles. The van der Waals surface area contributed by atoms with Crippen molar-refractivity contribution in [1.29, 1.82) is 0 Å². The Hall–Kier alpha value is -2.68. The summed E-state index contributed by atoms with van der Waals surface area (Å²) in [6.07, 6.45) is -5.11. The third kappa shape index (κ3) is 9.64. The molecule has 0 bridgehead atoms. The smallest absolute Gasteiger partial charge is 0.475 e. The molecule has 1 aromatic rings. The number of aromatic nitrogens is 2. The summed E-state index contributed by atoms with van der Waals surface area (Å²) in [4.78, 5) is 28.5. The van der Waals surface area contributed by atoms with Gasteiger partial charge < -0.3 is 25.2 Å². The number of aliphatic carboxylic acids is 2. The van der Waals surface area contributed by atoms with E-state index in [1.165, 1.54) is 19.5 Å². The number of carboxylic acids is 2. The maximum absolute atomic E-state index is 10.6. The average Bonchev–Trinajstić information content (AvgIpc) is 3.08. The van der Waals surface area contributed by atoms with E-state index in [9.17, 15) is 26.3 Å². The van der Waals surface area contributed by atoms with Crippen molar-refractivity contribution in [2.24, 2.45) is 11.8 Å². The van der Waals surface area contributed by atoms with Crippen LogP contribution in [0.1, 0.15) is 6.42 Å². The zero-order valence-corrected chi connectivity index (χ0v) is 16.7. The van der Waals surface area contributed by atoms with Crippen molar-refractivity contribution in [3.05, 3.63) is 18.5 Å². The summed E-state index contributed by atoms with van der Waals surface area (Å²) in [6.45, 7) is 4.07. The van der Waals surface area contributed by atoms with E-state index in [1.54, 1.807) is 12.4 Å². The quantitative estimate of drug-likeness (QED) is 0.563. The van der Waals surface area contributed by atoms with E-state index < -0.39 is 24.3 Å². The van der Waals surface area contributed by atoms with E-state index in [1.807, 2.05) is 6.07 Å². The molecule has 15 heteroatoms. The van der Waals surface area contributed by atoms with Gasteiger partial charge >= 0.3 is 24.3 Å². The summed E-state index contributed by atoms with van der Waals surface area (Å²) in [5.74, 6) is -3.43. The Labute approximate surface area is 178 Å². The minimum atomic E-state index is -5.08. The zero-order valence-electron chi connectivity index (χ0n) is 16.7. The summed E-state index contributed by atoms with van der Waals surface area (Å²) >= 11 is 0. The first-order valence-corrected chi connectivity index (χ1v) is 9.13. The molecular formula is C17H22F6N4O5. The summed E-state index contributed by atoms with van der Waals surface area (Å²) in [7, 11) is 2.19. The van der Waals surface area contributed by atoms with E-state index in [2.05, 4.69) is 27.2 Å². The molecule has 3 atom stereocenters. The van der Waals surface area contributed by atoms with Crippen LogP contribution in [0.2, 0.25) is 0 Å². The van der Waals surface area contributed by atoms with Crippen LogP contribution < -0.4 is 5.32 Å². The fourth-order valence-electron chi connectivity index (χ4n) is 3.06. The third-order valence-corrected chi connectivity index (χ3v) is 4.51. The standard InChI is InChI=1S/C13H20N4O.2C2HF3O2/c1-17-6-3-11-10(8-17)9-18-12(11)7-16-13-14-4-2-5-15-13;2*3-2(4,5)1(6)7/h2,4-5,10-12H,3,6-9H2,1H3,(H,14,15,16);2*(H,6,7)/t10-,11-,12-;;/m0../s1. The van der Waals surface area contributed by atoms with Crippen molar-refractivity contribution in [2.45, 2.75) is 24.9 Å². The SMILES string of the molecule is CN1CC[C@H]2[C@H](CO[C@H]2CNc2ncccn2)C1.O=C(O)C(F)(F)F.O=C(O)C(F)(F)F. The van der Waals surface area contributed by atoms with Crippen LogP contribution in [0.3, 0.4) is 0 Å². The Bertz CT molecular complexity index is 710. The van der Waals surface area contributed by atoms with Gasteiger partial charge in [0, 0.05) is 31.4 Å². The highest BCUT2D eigenvalue weighted by Gasteiger charge is 2.40. The molecule has 0 radical (unpaired) electrons. The van der Waals surface area contributed by atoms with E-state index in [4.69, 9.17) is 24.5 Å². The van der Waals surface area contributed by atoms with Crippen molar-refractivity contribution in [2.75, 3.05) is 38.6 Å². The van der Waals surface area contributed by atoms with Crippen molar-refractivity contribution in [3.8, 4) is 0 Å². The minimum absolute atomic E-state index is 0.313. The lowest BCUT2D eigenvalue weighted by Gasteiger charge is -2.33. The van der Waals surface area contributed by atoms with Gasteiger partial charge in [0.1, 0.15) is 0 Å². The Morgan fingerprint density at radius 2 is 1.62 bits per heavy atom. The Morgan fingerprint density at radius 3 is 2.09 bits per heavy atom. The number of alkyl halides is 6. The third-order valence-electron chi connectivity index (χ3n) is 4.51. The second-order valence-corrected chi connectivity index (χ2v) is 6.91. The van der Waals surface area contributed by atoms with Crippen LogP contribution in [0.15, 0.2) is 18.5 Å². The molecule has 0 amide bonds. The molecule has 0 unspecified atom stereocenters. The Balaban J connectivity index is 0.000000305. The van der Waals surface area contributed by atoms with Crippen molar-refractivity contribution >= 4 is 17.9 Å². The Morgan fingerprint density at radius 1 is 1.12 bits per heavy atom. The van der Waals surface area contributed by atoms with Crippen LogP contribution >= 0.6 is 0 Å². The van der Waals surface area contributed by atoms with Crippen LogP contribution in [-0.4, -0.2) is 88.8 Å². The molecule has 2 saturated heterocycles. The molecule has 32 heavy (non-hydrogen) atoms. The number of ether oxygens (including phenoxy) is 1. The van der Waals surface area contributed by atoms with Gasteiger partial charge in [-0.15, -0.1) is 0 Å². The number of nitrogens with one attached hydrogen (secondary N) is 1. The number of anilines is 1. The molecule has 182 valence electrons. The largest absolute Gasteiger partial charge is 0.490 e. The lowest BCUT2D eigenvalue weighted by Crippen LogP contribution is -2.40. The molecule has 2 fully saturated rings. The molecule has 0 aliphatic carbocycles. The van der Waals surface area contributed by atoms with Crippen LogP contribution in [0.5, 0.6) is 0 Å². The predicted molar refractivity (Wildman–Crippen MR) is 96.7 cm³/mol. The van der Waals surface area contributed by atoms with Crippen molar-refractivity contribution < 1.29 is 50.9 Å². The maximum atomic E-state index is 10.6. The average molecular weight is 476 g/mol. The second kappa shape index (κ2) is 11.8. The number of piperidine rings is 1. The number of hydrogen-bond donors (Lipinski definition) is 3. The van der Waals surface area contributed by atoms with Gasteiger partial charge in [0.2, 0.25) is 5.95 Å². The van der Waals surface area contributed by atoms with Gasteiger partial charge in [0.15, 0.2) is 0 Å². The van der Waals surface area contributed by atoms with Gasteiger partial charge in [0.05, 0.1) is 12.7 Å². The van der Waals surface area contributed by atoms with Crippen LogP contribution in [0, 0.1) is 11.8 Å². The van der Waals surface area contributed by atoms with Gasteiger partial charge in [0.25, 0.3) is 0 Å². The highest BCUT2D eigenvalue weighted by Crippen LogP contribution is 2.33. The van der Waals surface area contributed by atoms with E-state index >= 15 is 0 Å². The normalized spacial score (nSPS) is 23.0. The maximum Gasteiger partial charge on any atom is 0.490 e. The highest BCUT2D eigenvalue weighted by atomic mass is 19.4. The van der Waals surface area contributed by atoms with E-state index in [0.717, 1.165) is 13.2 Å². The molecular weight excluding hydrogens is 454 g/mol. The lowest BCUT2D eigenvalue weighted by atomic mass is 9.84. The number of fused-ring (bicyclic) bond motifs is 1. The molecule has 2 aliphatic rings. The van der Waals surface area contributed by atoms with Gasteiger partial charge in [-0.1, -0.05) is 0 Å². The fourth-order valence-corrected chi connectivity index (χ4v) is 3.06. The number of likely N-dealkylation sites (tertiary alicyclic amines) is 1. The first kappa shape index (κ1) is 27.4. The summed E-state index contributed by atoms with van der Waals surface area (Å²) in [5.41, 5.74) is 0. The molecule has 1 aromatic heterocycles. The summed E-state index contributed by atoms with van der Waals surface area (Å²) < 4.78 is 69.4.